The van der Waals surface area contributed by atoms with Crippen LogP contribution in [-0.4, -0.2) is 52.0 Å². The number of alkyl halides is 1. The molecule has 1 aromatic rings. The molecular formula is C26H38ClN3O6. The highest BCUT2D eigenvalue weighted by atomic mass is 35.5. The Kier molecular flexibility index (Phi) is 10.3. The Labute approximate surface area is 218 Å². The summed E-state index contributed by atoms with van der Waals surface area (Å²) in [6.07, 6.45) is 4.21. The third-order valence-electron chi connectivity index (χ3n) is 5.47. The molecule has 1 atom stereocenters. The highest BCUT2D eigenvalue weighted by molar-refractivity contribution is 6.28. The topological polar surface area (TPSA) is 115 Å². The molecule has 0 bridgehead atoms. The molecule has 3 amide bonds. The van der Waals surface area contributed by atoms with Crippen LogP contribution in [0.15, 0.2) is 18.3 Å². The number of Topliss-reactive ketones (excluding diaryl/α,β-unsaturated/α-hetero) is 1. The number of hydrogen-bond acceptors (Lipinski definition) is 7. The summed E-state index contributed by atoms with van der Waals surface area (Å²) in [6, 6.07) is 2.53. The Morgan fingerprint density at radius 3 is 2.03 bits per heavy atom. The summed E-state index contributed by atoms with van der Waals surface area (Å²) in [6.45, 7) is 10.2. The summed E-state index contributed by atoms with van der Waals surface area (Å²) in [5.74, 6) is -0.537. The molecule has 1 fully saturated rings. The fraction of sp³-hybridized carbons (Fsp3) is 0.654. The van der Waals surface area contributed by atoms with Crippen molar-refractivity contribution in [2.75, 3.05) is 10.8 Å². The van der Waals surface area contributed by atoms with Crippen molar-refractivity contribution in [3.63, 3.8) is 0 Å². The van der Waals surface area contributed by atoms with Crippen LogP contribution in [0.3, 0.4) is 0 Å². The first-order valence-corrected chi connectivity index (χ1v) is 12.8. The summed E-state index contributed by atoms with van der Waals surface area (Å²) >= 11 is 5.77. The number of nitrogens with one attached hydrogen (secondary N) is 1. The maximum absolute atomic E-state index is 12.8. The third-order valence-corrected chi connectivity index (χ3v) is 5.74. The van der Waals surface area contributed by atoms with Gasteiger partial charge in [-0.3, -0.25) is 9.59 Å². The fourth-order valence-electron chi connectivity index (χ4n) is 3.77. The number of ketones is 1. The van der Waals surface area contributed by atoms with Gasteiger partial charge < -0.3 is 14.8 Å². The monoisotopic (exact) mass is 523 g/mol. The molecule has 0 aliphatic heterocycles. The zero-order valence-electron chi connectivity index (χ0n) is 22.1. The zero-order chi connectivity index (χ0) is 27.1. The largest absolute Gasteiger partial charge is 0.443 e. The lowest BCUT2D eigenvalue weighted by Gasteiger charge is -2.28. The molecular weight excluding hydrogens is 486 g/mol. The van der Waals surface area contributed by atoms with Gasteiger partial charge in [0, 0.05) is 12.1 Å². The van der Waals surface area contributed by atoms with E-state index in [0.717, 1.165) is 36.1 Å². The van der Waals surface area contributed by atoms with Crippen molar-refractivity contribution in [1.82, 2.24) is 10.3 Å². The average molecular weight is 524 g/mol. The Balaban J connectivity index is 2.13. The van der Waals surface area contributed by atoms with Crippen LogP contribution in [-0.2, 0) is 25.5 Å². The molecule has 1 aliphatic rings. The molecule has 9 nitrogen and oxygen atoms in total. The Hall–Kier alpha value is -2.68. The van der Waals surface area contributed by atoms with Crippen LogP contribution in [0.4, 0.5) is 15.4 Å². The summed E-state index contributed by atoms with van der Waals surface area (Å²) in [4.78, 5) is 55.4. The number of nitrogens with zero attached hydrogens (tertiary/aromatic N) is 2. The van der Waals surface area contributed by atoms with Crippen molar-refractivity contribution in [3.8, 4) is 0 Å². The first-order valence-electron chi connectivity index (χ1n) is 12.3. The van der Waals surface area contributed by atoms with Gasteiger partial charge in [0.2, 0.25) is 5.91 Å². The molecule has 0 radical (unpaired) electrons. The maximum Gasteiger partial charge on any atom is 0.425 e. The van der Waals surface area contributed by atoms with Gasteiger partial charge in [0.25, 0.3) is 0 Å². The van der Waals surface area contributed by atoms with Crippen molar-refractivity contribution in [1.29, 1.82) is 0 Å². The van der Waals surface area contributed by atoms with Crippen LogP contribution in [0.2, 0.25) is 0 Å². The maximum atomic E-state index is 12.8. The van der Waals surface area contributed by atoms with Crippen LogP contribution >= 0.6 is 11.6 Å². The van der Waals surface area contributed by atoms with Crippen LogP contribution in [0, 0.1) is 5.92 Å². The summed E-state index contributed by atoms with van der Waals surface area (Å²) in [5, 5.41) is 2.86. The number of pyridine rings is 1. The predicted molar refractivity (Wildman–Crippen MR) is 137 cm³/mol. The molecule has 1 saturated carbocycles. The third kappa shape index (κ3) is 9.41. The van der Waals surface area contributed by atoms with Gasteiger partial charge in [0.05, 0.1) is 11.9 Å². The van der Waals surface area contributed by atoms with E-state index in [9.17, 15) is 19.2 Å². The van der Waals surface area contributed by atoms with Crippen LogP contribution in [0.25, 0.3) is 0 Å². The average Bonchev–Trinajstić information content (AvgIpc) is 3.29. The van der Waals surface area contributed by atoms with Gasteiger partial charge in [-0.1, -0.05) is 18.9 Å². The van der Waals surface area contributed by atoms with Gasteiger partial charge in [-0.05, 0) is 78.9 Å². The molecule has 36 heavy (non-hydrogen) atoms. The number of halogens is 1. The number of aryl methyl sites for hydroxylation is 1. The molecule has 1 N–H and O–H groups in total. The number of amides is 3. The van der Waals surface area contributed by atoms with Gasteiger partial charge >= 0.3 is 12.2 Å². The fourth-order valence-corrected chi connectivity index (χ4v) is 3.96. The minimum Gasteiger partial charge on any atom is -0.443 e. The lowest BCUT2D eigenvalue weighted by atomic mass is 10.0. The van der Waals surface area contributed by atoms with E-state index in [4.69, 9.17) is 21.1 Å². The van der Waals surface area contributed by atoms with Gasteiger partial charge in [0.1, 0.15) is 17.0 Å². The van der Waals surface area contributed by atoms with E-state index in [-0.39, 0.29) is 29.3 Å². The number of ether oxygens (including phenoxy) is 2. The second-order valence-electron chi connectivity index (χ2n) is 11.0. The van der Waals surface area contributed by atoms with Crippen molar-refractivity contribution in [2.45, 2.75) is 97.3 Å². The Bertz CT molecular complexity index is 902. The Morgan fingerprint density at radius 2 is 1.58 bits per heavy atom. The van der Waals surface area contributed by atoms with Crippen LogP contribution in [0.1, 0.15) is 79.2 Å². The quantitative estimate of drug-likeness (QED) is 0.467. The van der Waals surface area contributed by atoms with Gasteiger partial charge in [-0.25, -0.2) is 14.6 Å². The van der Waals surface area contributed by atoms with Crippen molar-refractivity contribution >= 4 is 41.3 Å². The van der Waals surface area contributed by atoms with Crippen LogP contribution in [0.5, 0.6) is 0 Å². The lowest BCUT2D eigenvalue weighted by molar-refractivity contribution is -0.129. The van der Waals surface area contributed by atoms with E-state index >= 15 is 0 Å². The molecule has 1 aliphatic carbocycles. The SMILES string of the molecule is CC(C)(C)OC(=O)N(C(=O)OC(C)(C)C)c1ccc(CCC(NC(=O)C2CCCC2)C(=O)CCl)cn1. The predicted octanol–water partition coefficient (Wildman–Crippen LogP) is 5.17. The van der Waals surface area contributed by atoms with Gasteiger partial charge in [0.15, 0.2) is 5.78 Å². The molecule has 200 valence electrons. The lowest BCUT2D eigenvalue weighted by Crippen LogP contribution is -2.44. The second-order valence-corrected chi connectivity index (χ2v) is 11.3. The number of carbonyl (C=O) groups is 4. The van der Waals surface area contributed by atoms with E-state index in [1.165, 1.54) is 12.3 Å². The smallest absolute Gasteiger partial charge is 0.425 e. The number of imide groups is 1. The van der Waals surface area contributed by atoms with Gasteiger partial charge in [-0.15, -0.1) is 11.6 Å². The summed E-state index contributed by atoms with van der Waals surface area (Å²) < 4.78 is 10.7. The van der Waals surface area contributed by atoms with E-state index in [0.29, 0.717) is 12.8 Å². The van der Waals surface area contributed by atoms with Gasteiger partial charge in [-0.2, -0.15) is 4.90 Å². The van der Waals surface area contributed by atoms with E-state index in [1.807, 2.05) is 0 Å². The molecule has 0 spiro atoms. The first-order chi connectivity index (χ1) is 16.7. The van der Waals surface area contributed by atoms with Crippen molar-refractivity contribution < 1.29 is 28.7 Å². The molecule has 1 aromatic heterocycles. The molecule has 2 rings (SSSR count). The summed E-state index contributed by atoms with van der Waals surface area (Å²) in [5.41, 5.74) is -0.899. The number of carbonyl (C=O) groups excluding carboxylic acids is 4. The van der Waals surface area contributed by atoms with E-state index in [1.54, 1.807) is 47.6 Å². The minimum atomic E-state index is -0.903. The first kappa shape index (κ1) is 29.5. The Morgan fingerprint density at radius 1 is 1.03 bits per heavy atom. The molecule has 1 heterocycles. The molecule has 0 saturated heterocycles. The number of rotatable bonds is 8. The highest BCUT2D eigenvalue weighted by Crippen LogP contribution is 2.25. The standard InChI is InChI=1S/C26H38ClN3O6/c1-25(2,3)35-23(33)30(24(34)36-26(4,5)6)21-14-12-17(16-28-21)11-13-19(20(31)15-27)29-22(32)18-9-7-8-10-18/h12,14,16,18-19H,7-11,13,15H2,1-6H3,(H,29,32). The number of aromatic nitrogens is 1. The molecule has 1 unspecified atom stereocenters. The molecule has 10 heteroatoms. The van der Waals surface area contributed by atoms with E-state index < -0.39 is 29.4 Å². The van der Waals surface area contributed by atoms with E-state index in [2.05, 4.69) is 10.3 Å². The number of anilines is 1. The minimum absolute atomic E-state index is 0.0465. The van der Waals surface area contributed by atoms with Crippen molar-refractivity contribution in [3.05, 3.63) is 23.9 Å². The normalized spacial score (nSPS) is 15.2. The second kappa shape index (κ2) is 12.5. The van der Waals surface area contributed by atoms with Crippen molar-refractivity contribution in [2.24, 2.45) is 5.92 Å². The number of hydrogen-bond donors (Lipinski definition) is 1. The van der Waals surface area contributed by atoms with Crippen LogP contribution < -0.4 is 10.2 Å². The molecule has 0 aromatic carbocycles. The highest BCUT2D eigenvalue weighted by Gasteiger charge is 2.33. The zero-order valence-corrected chi connectivity index (χ0v) is 22.8. The summed E-state index contributed by atoms with van der Waals surface area (Å²) in [7, 11) is 0.